The van der Waals surface area contributed by atoms with Crippen LogP contribution >= 0.6 is 0 Å². The fraction of sp³-hybridized carbons (Fsp3) is 0.300. The number of sulfonamides is 1. The van der Waals surface area contributed by atoms with Crippen LogP contribution in [0.1, 0.15) is 39.7 Å². The van der Waals surface area contributed by atoms with Gasteiger partial charge >= 0.3 is 6.09 Å². The second-order valence-corrected chi connectivity index (χ2v) is 11.9. The number of H-pyrrole nitrogens is 1. The standard InChI is InChI=1S/C30H35N3O5S/c1-5-37-19-9-18-31-29(34)38-28-27(21-10-7-6-8-11-21)25-20-23(14-17-26(25)32-28)33-39(35,36)24-15-12-22(13-16-24)30(2,3)4/h6-8,10-17,20,32-33H,5,9,18-19H2,1-4H3,(H,31,34). The van der Waals surface area contributed by atoms with Crippen molar-refractivity contribution in [2.75, 3.05) is 24.5 Å². The number of hydrogen-bond donors (Lipinski definition) is 3. The third-order valence-electron chi connectivity index (χ3n) is 6.24. The Morgan fingerprint density at radius 1 is 0.974 bits per heavy atom. The van der Waals surface area contributed by atoms with Gasteiger partial charge in [0.2, 0.25) is 5.88 Å². The number of hydrogen-bond acceptors (Lipinski definition) is 5. The third kappa shape index (κ3) is 6.99. The van der Waals surface area contributed by atoms with Crippen molar-refractivity contribution in [2.24, 2.45) is 0 Å². The van der Waals surface area contributed by atoms with Crippen LogP contribution in [0.4, 0.5) is 10.5 Å². The van der Waals surface area contributed by atoms with Crippen LogP contribution in [-0.2, 0) is 20.2 Å². The highest BCUT2D eigenvalue weighted by Crippen LogP contribution is 2.39. The molecule has 0 saturated carbocycles. The lowest BCUT2D eigenvalue weighted by atomic mass is 9.87. The number of aromatic amines is 1. The number of anilines is 1. The van der Waals surface area contributed by atoms with Crippen LogP contribution < -0.4 is 14.8 Å². The molecular weight excluding hydrogens is 514 g/mol. The first kappa shape index (κ1) is 28.2. The molecule has 0 saturated heterocycles. The summed E-state index contributed by atoms with van der Waals surface area (Å²) in [6.07, 6.45) is 0.0822. The highest BCUT2D eigenvalue weighted by molar-refractivity contribution is 7.92. The molecule has 0 bridgehead atoms. The summed E-state index contributed by atoms with van der Waals surface area (Å²) in [7, 11) is -3.82. The van der Waals surface area contributed by atoms with Gasteiger partial charge in [-0.3, -0.25) is 4.72 Å². The number of fused-ring (bicyclic) bond motifs is 1. The maximum atomic E-state index is 13.2. The number of nitrogens with one attached hydrogen (secondary N) is 3. The molecule has 0 spiro atoms. The smallest absolute Gasteiger partial charge is 0.393 e. The summed E-state index contributed by atoms with van der Waals surface area (Å²) in [5.74, 6) is 0.274. The van der Waals surface area contributed by atoms with Crippen LogP contribution in [0.3, 0.4) is 0 Å². The number of rotatable bonds is 10. The molecule has 206 valence electrons. The number of carbonyl (C=O) groups excluding carboxylic acids is 1. The van der Waals surface area contributed by atoms with Crippen molar-refractivity contribution in [3.63, 3.8) is 0 Å². The Morgan fingerprint density at radius 2 is 1.69 bits per heavy atom. The van der Waals surface area contributed by atoms with E-state index in [4.69, 9.17) is 9.47 Å². The molecule has 0 fully saturated rings. The van der Waals surface area contributed by atoms with E-state index in [1.54, 1.807) is 30.3 Å². The Bertz CT molecular complexity index is 1520. The molecule has 1 heterocycles. The molecule has 8 nitrogen and oxygen atoms in total. The summed E-state index contributed by atoms with van der Waals surface area (Å²) in [5.41, 5.74) is 3.54. The summed E-state index contributed by atoms with van der Waals surface area (Å²) in [6, 6.07) is 21.6. The average Bonchev–Trinajstić information content (AvgIpc) is 3.25. The van der Waals surface area contributed by atoms with E-state index in [2.05, 4.69) is 35.8 Å². The van der Waals surface area contributed by atoms with Gasteiger partial charge in [-0.1, -0.05) is 63.2 Å². The number of ether oxygens (including phenoxy) is 2. The molecule has 0 unspecified atom stereocenters. The van der Waals surface area contributed by atoms with Crippen LogP contribution in [0.15, 0.2) is 77.7 Å². The zero-order chi connectivity index (χ0) is 28.0. The first-order valence-corrected chi connectivity index (χ1v) is 14.4. The Kier molecular flexibility index (Phi) is 8.62. The Morgan fingerprint density at radius 3 is 2.36 bits per heavy atom. The minimum absolute atomic E-state index is 0.0803. The maximum absolute atomic E-state index is 13.2. The van der Waals surface area contributed by atoms with Crippen LogP contribution in [0.5, 0.6) is 5.88 Å². The van der Waals surface area contributed by atoms with Crippen molar-refractivity contribution in [2.45, 2.75) is 44.4 Å². The molecule has 3 aromatic carbocycles. The van der Waals surface area contributed by atoms with Gasteiger partial charge in [0.25, 0.3) is 10.0 Å². The van der Waals surface area contributed by atoms with Gasteiger partial charge in [-0.05, 0) is 60.2 Å². The fourth-order valence-electron chi connectivity index (χ4n) is 4.18. The van der Waals surface area contributed by atoms with E-state index in [9.17, 15) is 13.2 Å². The van der Waals surface area contributed by atoms with Gasteiger partial charge in [0.1, 0.15) is 0 Å². The summed E-state index contributed by atoms with van der Waals surface area (Å²) >= 11 is 0. The van der Waals surface area contributed by atoms with Crippen molar-refractivity contribution >= 4 is 32.7 Å². The molecule has 0 atom stereocenters. The van der Waals surface area contributed by atoms with Gasteiger partial charge in [-0.15, -0.1) is 0 Å². The highest BCUT2D eigenvalue weighted by Gasteiger charge is 2.21. The Labute approximate surface area is 229 Å². The molecule has 39 heavy (non-hydrogen) atoms. The molecule has 1 amide bonds. The minimum Gasteiger partial charge on any atom is -0.393 e. The second kappa shape index (κ2) is 11.9. The Hall–Kier alpha value is -3.82. The van der Waals surface area contributed by atoms with Crippen LogP contribution in [0.2, 0.25) is 0 Å². The van der Waals surface area contributed by atoms with E-state index in [0.717, 1.165) is 11.1 Å². The van der Waals surface area contributed by atoms with E-state index in [-0.39, 0.29) is 16.2 Å². The number of benzene rings is 3. The van der Waals surface area contributed by atoms with Gasteiger partial charge in [-0.2, -0.15) is 0 Å². The summed E-state index contributed by atoms with van der Waals surface area (Å²) in [4.78, 5) is 15.9. The normalized spacial score (nSPS) is 11.9. The van der Waals surface area contributed by atoms with E-state index in [1.165, 1.54) is 0 Å². The molecule has 4 rings (SSSR count). The van der Waals surface area contributed by atoms with Gasteiger partial charge in [0.15, 0.2) is 0 Å². The largest absolute Gasteiger partial charge is 0.413 e. The first-order chi connectivity index (χ1) is 18.6. The quantitative estimate of drug-likeness (QED) is 0.197. The zero-order valence-corrected chi connectivity index (χ0v) is 23.5. The minimum atomic E-state index is -3.82. The SMILES string of the molecule is CCOCCCNC(=O)Oc1[nH]c2ccc(NS(=O)(=O)c3ccc(C(C)(C)C)cc3)cc2c1-c1ccccc1. The van der Waals surface area contributed by atoms with E-state index in [0.29, 0.717) is 48.3 Å². The molecule has 0 aliphatic rings. The van der Waals surface area contributed by atoms with Crippen LogP contribution in [0.25, 0.3) is 22.0 Å². The lowest BCUT2D eigenvalue weighted by Gasteiger charge is -2.19. The molecule has 0 aliphatic carbocycles. The van der Waals surface area contributed by atoms with Gasteiger partial charge < -0.3 is 19.8 Å². The van der Waals surface area contributed by atoms with Crippen molar-refractivity contribution < 1.29 is 22.7 Å². The van der Waals surface area contributed by atoms with E-state index >= 15 is 0 Å². The monoisotopic (exact) mass is 549 g/mol. The first-order valence-electron chi connectivity index (χ1n) is 13.0. The van der Waals surface area contributed by atoms with Crippen LogP contribution in [0, 0.1) is 0 Å². The van der Waals surface area contributed by atoms with Crippen molar-refractivity contribution in [3.05, 3.63) is 78.4 Å². The highest BCUT2D eigenvalue weighted by atomic mass is 32.2. The number of aromatic nitrogens is 1. The van der Waals surface area contributed by atoms with Crippen molar-refractivity contribution in [1.82, 2.24) is 10.3 Å². The molecular formula is C30H35N3O5S. The predicted molar refractivity (Wildman–Crippen MR) is 155 cm³/mol. The molecule has 1 aromatic heterocycles. The summed E-state index contributed by atoms with van der Waals surface area (Å²) in [5, 5.41) is 3.45. The van der Waals surface area contributed by atoms with E-state index in [1.807, 2.05) is 49.4 Å². The summed E-state index contributed by atoms with van der Waals surface area (Å²) in [6.45, 7) is 9.76. The lowest BCUT2D eigenvalue weighted by molar-refractivity contribution is 0.144. The molecule has 9 heteroatoms. The maximum Gasteiger partial charge on any atom is 0.413 e. The molecule has 0 aliphatic heterocycles. The second-order valence-electron chi connectivity index (χ2n) is 10.2. The van der Waals surface area contributed by atoms with Crippen molar-refractivity contribution in [1.29, 1.82) is 0 Å². The zero-order valence-electron chi connectivity index (χ0n) is 22.7. The lowest BCUT2D eigenvalue weighted by Crippen LogP contribution is -2.28. The molecule has 0 radical (unpaired) electrons. The topological polar surface area (TPSA) is 110 Å². The number of carbonyl (C=O) groups is 1. The van der Waals surface area contributed by atoms with Crippen LogP contribution in [-0.4, -0.2) is 39.3 Å². The predicted octanol–water partition coefficient (Wildman–Crippen LogP) is 6.45. The third-order valence-corrected chi connectivity index (χ3v) is 7.64. The summed E-state index contributed by atoms with van der Waals surface area (Å²) < 4.78 is 40.0. The average molecular weight is 550 g/mol. The van der Waals surface area contributed by atoms with Gasteiger partial charge in [0, 0.05) is 36.3 Å². The van der Waals surface area contributed by atoms with Gasteiger partial charge in [-0.25, -0.2) is 13.2 Å². The fourth-order valence-corrected chi connectivity index (χ4v) is 5.23. The molecule has 3 N–H and O–H groups in total. The van der Waals surface area contributed by atoms with Crippen molar-refractivity contribution in [3.8, 4) is 17.0 Å². The molecule has 4 aromatic rings. The van der Waals surface area contributed by atoms with Gasteiger partial charge in [0.05, 0.1) is 10.5 Å². The van der Waals surface area contributed by atoms with E-state index < -0.39 is 16.1 Å². The Balaban J connectivity index is 1.62. The number of amides is 1.